The van der Waals surface area contributed by atoms with E-state index in [2.05, 4.69) is 46.1 Å². The first kappa shape index (κ1) is 19.7. The van der Waals surface area contributed by atoms with Crippen LogP contribution in [-0.4, -0.2) is 13.9 Å². The molecule has 1 rings (SSSR count). The van der Waals surface area contributed by atoms with Gasteiger partial charge < -0.3 is 4.43 Å². The largest absolute Gasteiger partial charge is 0.411 e. The number of allylic oxidation sites excluding steroid dienone is 1. The van der Waals surface area contributed by atoms with Crippen LogP contribution in [0.4, 0.5) is 0 Å². The minimum absolute atomic E-state index is 0.0927. The van der Waals surface area contributed by atoms with E-state index in [1.807, 2.05) is 0 Å². The summed E-state index contributed by atoms with van der Waals surface area (Å²) >= 11 is 0. The Morgan fingerprint density at radius 1 is 1.09 bits per heavy atom. The van der Waals surface area contributed by atoms with E-state index in [1.165, 1.54) is 56.7 Å². The highest BCUT2D eigenvalue weighted by molar-refractivity contribution is 6.73. The Hall–Kier alpha value is -0.343. The lowest BCUT2D eigenvalue weighted by Crippen LogP contribution is -2.52. The van der Waals surface area contributed by atoms with Gasteiger partial charge in [-0.25, -0.2) is 0 Å². The predicted octanol–water partition coefficient (Wildman–Crippen LogP) is 6.87. The maximum Gasteiger partial charge on any atom is 0.192 e. The highest BCUT2D eigenvalue weighted by Crippen LogP contribution is 2.45. The molecule has 2 atom stereocenters. The first-order valence-electron chi connectivity index (χ1n) is 9.54. The third-order valence-corrected chi connectivity index (χ3v) is 10.7. The molecule has 0 spiro atoms. The Morgan fingerprint density at radius 2 is 1.77 bits per heavy atom. The zero-order chi connectivity index (χ0) is 16.5. The van der Waals surface area contributed by atoms with Crippen LogP contribution in [0.25, 0.3) is 0 Å². The summed E-state index contributed by atoms with van der Waals surface area (Å²) in [7, 11) is -1.57. The molecular formula is C20H38OSi. The van der Waals surface area contributed by atoms with Crippen LogP contribution < -0.4 is 0 Å². The molecule has 0 aliphatic heterocycles. The van der Waals surface area contributed by atoms with Crippen LogP contribution in [0.2, 0.25) is 18.1 Å². The quantitative estimate of drug-likeness (QED) is 0.229. The topological polar surface area (TPSA) is 9.23 Å². The van der Waals surface area contributed by atoms with E-state index in [0.717, 1.165) is 18.8 Å². The van der Waals surface area contributed by atoms with E-state index in [-0.39, 0.29) is 5.60 Å². The molecule has 0 bridgehead atoms. The van der Waals surface area contributed by atoms with Gasteiger partial charge in [0.15, 0.2) is 8.32 Å². The summed E-state index contributed by atoms with van der Waals surface area (Å²) in [5.41, 5.74) is 0.0927. The van der Waals surface area contributed by atoms with Crippen molar-refractivity contribution < 1.29 is 4.43 Å². The molecule has 128 valence electrons. The second kappa shape index (κ2) is 9.72. The zero-order valence-corrected chi connectivity index (χ0v) is 16.3. The molecule has 1 aliphatic carbocycles. The molecule has 1 fully saturated rings. The average Bonchev–Trinajstić information content (AvgIpc) is 2.55. The Labute approximate surface area is 140 Å². The van der Waals surface area contributed by atoms with Gasteiger partial charge in [-0.1, -0.05) is 45.8 Å². The van der Waals surface area contributed by atoms with Crippen LogP contribution in [-0.2, 0) is 4.43 Å². The minimum atomic E-state index is -1.57. The summed E-state index contributed by atoms with van der Waals surface area (Å²) in [6, 6.07) is 3.74. The van der Waals surface area contributed by atoms with Crippen molar-refractivity contribution in [1.82, 2.24) is 0 Å². The van der Waals surface area contributed by atoms with E-state index >= 15 is 0 Å². The second-order valence-electron chi connectivity index (χ2n) is 7.07. The van der Waals surface area contributed by atoms with Gasteiger partial charge in [-0.05, 0) is 62.6 Å². The molecule has 0 aromatic carbocycles. The van der Waals surface area contributed by atoms with Crippen molar-refractivity contribution in [1.29, 1.82) is 0 Å². The maximum atomic E-state index is 7.14. The maximum absolute atomic E-state index is 7.14. The van der Waals surface area contributed by atoms with Gasteiger partial charge in [0.05, 0.1) is 5.60 Å². The molecule has 0 radical (unpaired) electrons. The van der Waals surface area contributed by atoms with Crippen molar-refractivity contribution in [2.75, 3.05) is 0 Å². The minimum Gasteiger partial charge on any atom is -0.411 e. The molecule has 2 heteroatoms. The second-order valence-corrected chi connectivity index (χ2v) is 11.8. The summed E-state index contributed by atoms with van der Waals surface area (Å²) in [6.45, 7) is 15.0. The van der Waals surface area contributed by atoms with Gasteiger partial charge in [-0.3, -0.25) is 0 Å². The molecule has 0 N–H and O–H groups in total. The van der Waals surface area contributed by atoms with Gasteiger partial charge in [-0.2, -0.15) is 0 Å². The number of rotatable bonds is 11. The normalized spacial score (nSPS) is 25.9. The molecule has 0 aromatic heterocycles. The molecule has 0 unspecified atom stereocenters. The summed E-state index contributed by atoms with van der Waals surface area (Å²) in [6.07, 6.45) is 14.2. The van der Waals surface area contributed by atoms with E-state index < -0.39 is 8.32 Å². The lowest BCUT2D eigenvalue weighted by Gasteiger charge is -2.49. The van der Waals surface area contributed by atoms with Crippen molar-refractivity contribution in [2.24, 2.45) is 5.92 Å². The Balaban J connectivity index is 2.96. The Bertz CT molecular complexity index is 326. The summed E-state index contributed by atoms with van der Waals surface area (Å²) in [5.74, 6) is 0.718. The number of hydrogen-bond acceptors (Lipinski definition) is 1. The smallest absolute Gasteiger partial charge is 0.192 e. The fraction of sp³-hybridized carbons (Fsp3) is 0.800. The van der Waals surface area contributed by atoms with Gasteiger partial charge in [-0.15, -0.1) is 13.2 Å². The molecule has 0 aromatic rings. The van der Waals surface area contributed by atoms with Crippen molar-refractivity contribution in [3.8, 4) is 0 Å². The van der Waals surface area contributed by atoms with Crippen LogP contribution in [0.3, 0.4) is 0 Å². The molecule has 0 amide bonds. The number of hydrogen-bond donors (Lipinski definition) is 0. The molecule has 1 nitrogen and oxygen atoms in total. The van der Waals surface area contributed by atoms with Crippen LogP contribution in [0.1, 0.15) is 72.1 Å². The third kappa shape index (κ3) is 4.83. The van der Waals surface area contributed by atoms with E-state index in [9.17, 15) is 0 Å². The lowest BCUT2D eigenvalue weighted by atomic mass is 9.71. The van der Waals surface area contributed by atoms with Gasteiger partial charge >= 0.3 is 0 Å². The van der Waals surface area contributed by atoms with E-state index in [0.29, 0.717) is 0 Å². The first-order valence-corrected chi connectivity index (χ1v) is 12.1. The van der Waals surface area contributed by atoms with Gasteiger partial charge in [0.2, 0.25) is 0 Å². The summed E-state index contributed by atoms with van der Waals surface area (Å²) in [4.78, 5) is 0. The molecule has 0 saturated heterocycles. The SMILES string of the molecule is C=CCCC[C@H]1CCCC[C@@]1(CC=C)O[Si](CC)(CC)CC. The van der Waals surface area contributed by atoms with Gasteiger partial charge in [0.25, 0.3) is 0 Å². The van der Waals surface area contributed by atoms with E-state index in [4.69, 9.17) is 4.43 Å². The Kier molecular flexibility index (Phi) is 8.70. The van der Waals surface area contributed by atoms with Crippen LogP contribution in [0.5, 0.6) is 0 Å². The molecule has 0 heterocycles. The molecule has 22 heavy (non-hydrogen) atoms. The zero-order valence-electron chi connectivity index (χ0n) is 15.3. The van der Waals surface area contributed by atoms with Crippen LogP contribution in [0, 0.1) is 5.92 Å². The lowest BCUT2D eigenvalue weighted by molar-refractivity contribution is -0.0355. The third-order valence-electron chi connectivity index (χ3n) is 5.95. The summed E-state index contributed by atoms with van der Waals surface area (Å²) in [5, 5.41) is 0. The van der Waals surface area contributed by atoms with Crippen molar-refractivity contribution in [3.05, 3.63) is 25.3 Å². The fourth-order valence-electron chi connectivity index (χ4n) is 4.28. The van der Waals surface area contributed by atoms with Crippen molar-refractivity contribution in [2.45, 2.75) is 95.9 Å². The monoisotopic (exact) mass is 322 g/mol. The van der Waals surface area contributed by atoms with Crippen molar-refractivity contribution >= 4 is 8.32 Å². The molecule has 1 aliphatic rings. The average molecular weight is 323 g/mol. The van der Waals surface area contributed by atoms with Crippen LogP contribution in [0.15, 0.2) is 25.3 Å². The van der Waals surface area contributed by atoms with Gasteiger partial charge in [0, 0.05) is 0 Å². The molecule has 1 saturated carbocycles. The predicted molar refractivity (Wildman–Crippen MR) is 102 cm³/mol. The highest BCUT2D eigenvalue weighted by atomic mass is 28.4. The first-order chi connectivity index (χ1) is 10.6. The summed E-state index contributed by atoms with van der Waals surface area (Å²) < 4.78 is 7.14. The molecular weight excluding hydrogens is 284 g/mol. The number of unbranched alkanes of at least 4 members (excludes halogenated alkanes) is 1. The van der Waals surface area contributed by atoms with Crippen LogP contribution >= 0.6 is 0 Å². The van der Waals surface area contributed by atoms with Crippen molar-refractivity contribution in [3.63, 3.8) is 0 Å². The standard InChI is InChI=1S/C20H38OSi/c1-6-11-12-15-19-16-13-14-18-20(19,17-7-2)21-22(8-3,9-4)10-5/h6-7,19H,1-2,8-18H2,3-5H3/t19-,20+/m0/s1. The highest BCUT2D eigenvalue weighted by Gasteiger charge is 2.45. The van der Waals surface area contributed by atoms with Gasteiger partial charge in [0.1, 0.15) is 0 Å². The fourth-order valence-corrected chi connectivity index (χ4v) is 7.43. The van der Waals surface area contributed by atoms with E-state index in [1.54, 1.807) is 0 Å². The Morgan fingerprint density at radius 3 is 2.32 bits per heavy atom.